The van der Waals surface area contributed by atoms with Crippen LogP contribution in [0.3, 0.4) is 0 Å². The summed E-state index contributed by atoms with van der Waals surface area (Å²) < 4.78 is 15.4. The number of para-hydroxylation sites is 2. The Labute approximate surface area is 158 Å². The van der Waals surface area contributed by atoms with Crippen molar-refractivity contribution in [2.75, 3.05) is 6.54 Å². The number of carbonyl (C=O) groups is 1. The number of unbranched alkanes of at least 4 members (excludes halogenated alkanes) is 1. The maximum atomic E-state index is 13.1. The second-order valence-electron chi connectivity index (χ2n) is 7.27. The molecule has 0 aliphatic carbocycles. The number of halogens is 1. The molecular weight excluding hydrogens is 341 g/mol. The van der Waals surface area contributed by atoms with Crippen molar-refractivity contribution in [3.05, 3.63) is 65.7 Å². The largest absolute Gasteiger partial charge is 0.338 e. The van der Waals surface area contributed by atoms with Crippen LogP contribution in [0.4, 0.5) is 4.39 Å². The fourth-order valence-electron chi connectivity index (χ4n) is 3.87. The van der Waals surface area contributed by atoms with E-state index in [1.165, 1.54) is 12.1 Å². The summed E-state index contributed by atoms with van der Waals surface area (Å²) in [5.74, 6) is 0.995. The lowest BCUT2D eigenvalue weighted by Crippen LogP contribution is -2.24. The molecule has 4 rings (SSSR count). The van der Waals surface area contributed by atoms with Crippen LogP contribution in [0.25, 0.3) is 11.0 Å². The van der Waals surface area contributed by atoms with Crippen molar-refractivity contribution in [2.24, 2.45) is 0 Å². The Morgan fingerprint density at radius 3 is 2.70 bits per heavy atom. The molecule has 27 heavy (non-hydrogen) atoms. The predicted molar refractivity (Wildman–Crippen MR) is 104 cm³/mol. The van der Waals surface area contributed by atoms with Gasteiger partial charge in [0.15, 0.2) is 0 Å². The predicted octanol–water partition coefficient (Wildman–Crippen LogP) is 4.49. The normalized spacial score (nSPS) is 17.2. The number of fused-ring (bicyclic) bond motifs is 1. The van der Waals surface area contributed by atoms with Crippen LogP contribution in [0.5, 0.6) is 0 Å². The van der Waals surface area contributed by atoms with Gasteiger partial charge in [-0.25, -0.2) is 9.37 Å². The van der Waals surface area contributed by atoms with E-state index in [0.717, 1.165) is 41.8 Å². The summed E-state index contributed by atoms with van der Waals surface area (Å²) in [5, 5.41) is 0. The molecule has 1 saturated heterocycles. The molecule has 0 N–H and O–H groups in total. The van der Waals surface area contributed by atoms with Crippen LogP contribution in [0, 0.1) is 5.82 Å². The molecule has 1 aliphatic rings. The van der Waals surface area contributed by atoms with E-state index in [-0.39, 0.29) is 17.6 Å². The van der Waals surface area contributed by atoms with E-state index in [9.17, 15) is 9.18 Å². The first-order chi connectivity index (χ1) is 13.2. The Bertz CT molecular complexity index is 948. The van der Waals surface area contributed by atoms with E-state index in [0.29, 0.717) is 19.5 Å². The molecule has 0 bridgehead atoms. The molecule has 1 atom stereocenters. The van der Waals surface area contributed by atoms with Crippen molar-refractivity contribution in [1.29, 1.82) is 0 Å². The fourth-order valence-corrected chi connectivity index (χ4v) is 3.87. The van der Waals surface area contributed by atoms with Crippen molar-refractivity contribution in [3.8, 4) is 0 Å². The van der Waals surface area contributed by atoms with Crippen molar-refractivity contribution in [3.63, 3.8) is 0 Å². The van der Waals surface area contributed by atoms with E-state index >= 15 is 0 Å². The van der Waals surface area contributed by atoms with Crippen molar-refractivity contribution < 1.29 is 9.18 Å². The molecule has 4 nitrogen and oxygen atoms in total. The average Bonchev–Trinajstić information content (AvgIpc) is 3.22. The number of hydrogen-bond acceptors (Lipinski definition) is 2. The van der Waals surface area contributed by atoms with Crippen LogP contribution in [0.1, 0.15) is 43.5 Å². The third-order valence-corrected chi connectivity index (χ3v) is 5.29. The molecule has 140 valence electrons. The van der Waals surface area contributed by atoms with E-state index in [2.05, 4.69) is 17.6 Å². The number of imidazole rings is 1. The van der Waals surface area contributed by atoms with E-state index in [1.54, 1.807) is 12.1 Å². The summed E-state index contributed by atoms with van der Waals surface area (Å²) in [6.45, 7) is 4.29. The molecular formula is C22H24FN3O. The van der Waals surface area contributed by atoms with Crippen molar-refractivity contribution >= 4 is 16.9 Å². The Morgan fingerprint density at radius 2 is 1.93 bits per heavy atom. The first kappa shape index (κ1) is 17.7. The molecule has 0 saturated carbocycles. The summed E-state index contributed by atoms with van der Waals surface area (Å²) in [5.41, 5.74) is 3.09. The lowest BCUT2D eigenvalue weighted by molar-refractivity contribution is -0.128. The molecule has 2 heterocycles. The molecule has 3 aromatic rings. The van der Waals surface area contributed by atoms with Gasteiger partial charge in [0.1, 0.15) is 11.6 Å². The minimum absolute atomic E-state index is 0.0993. The summed E-state index contributed by atoms with van der Waals surface area (Å²) in [6.07, 6.45) is 2.69. The first-order valence-corrected chi connectivity index (χ1v) is 9.63. The number of aromatic nitrogens is 2. The number of hydrogen-bond donors (Lipinski definition) is 0. The van der Waals surface area contributed by atoms with Crippen LogP contribution < -0.4 is 0 Å². The topological polar surface area (TPSA) is 38.1 Å². The van der Waals surface area contributed by atoms with Gasteiger partial charge in [0.25, 0.3) is 0 Å². The lowest BCUT2D eigenvalue weighted by atomic mass is 10.1. The van der Waals surface area contributed by atoms with Gasteiger partial charge < -0.3 is 9.47 Å². The van der Waals surface area contributed by atoms with E-state index in [1.807, 2.05) is 23.1 Å². The van der Waals surface area contributed by atoms with E-state index < -0.39 is 0 Å². The van der Waals surface area contributed by atoms with Crippen molar-refractivity contribution in [2.45, 2.75) is 45.2 Å². The molecule has 0 spiro atoms. The minimum Gasteiger partial charge on any atom is -0.338 e. The van der Waals surface area contributed by atoms with E-state index in [4.69, 9.17) is 4.98 Å². The monoisotopic (exact) mass is 365 g/mol. The zero-order chi connectivity index (χ0) is 18.8. The summed E-state index contributed by atoms with van der Waals surface area (Å²) in [7, 11) is 0. The molecule has 1 unspecified atom stereocenters. The van der Waals surface area contributed by atoms with Gasteiger partial charge >= 0.3 is 0 Å². The maximum Gasteiger partial charge on any atom is 0.223 e. The van der Waals surface area contributed by atoms with Crippen LogP contribution >= 0.6 is 0 Å². The third-order valence-electron chi connectivity index (χ3n) is 5.29. The van der Waals surface area contributed by atoms with Gasteiger partial charge in [-0.05, 0) is 36.2 Å². The van der Waals surface area contributed by atoms with Gasteiger partial charge in [0.2, 0.25) is 5.91 Å². The number of aryl methyl sites for hydroxylation is 1. The van der Waals surface area contributed by atoms with Crippen molar-refractivity contribution in [1.82, 2.24) is 14.5 Å². The molecule has 1 aromatic heterocycles. The van der Waals surface area contributed by atoms with Crippen LogP contribution in [0.2, 0.25) is 0 Å². The standard InChI is InChI=1S/C22H24FN3O/c1-2-3-12-26-20-7-5-4-6-19(20)24-22(26)17-13-21(27)25(15-17)14-16-8-10-18(23)11-9-16/h4-11,17H,2-3,12-15H2,1H3. The number of rotatable bonds is 6. The summed E-state index contributed by atoms with van der Waals surface area (Å²) in [4.78, 5) is 19.3. The molecule has 0 radical (unpaired) electrons. The van der Waals surface area contributed by atoms with Gasteiger partial charge in [0, 0.05) is 32.0 Å². The Kier molecular flexibility index (Phi) is 4.92. The number of likely N-dealkylation sites (tertiary alicyclic amines) is 1. The second-order valence-corrected chi connectivity index (χ2v) is 7.27. The average molecular weight is 365 g/mol. The zero-order valence-corrected chi connectivity index (χ0v) is 15.6. The lowest BCUT2D eigenvalue weighted by Gasteiger charge is -2.17. The minimum atomic E-state index is -0.256. The van der Waals surface area contributed by atoms with Crippen LogP contribution in [-0.2, 0) is 17.9 Å². The van der Waals surface area contributed by atoms with Crippen LogP contribution in [0.15, 0.2) is 48.5 Å². The van der Waals surface area contributed by atoms with Gasteiger partial charge in [-0.3, -0.25) is 4.79 Å². The second kappa shape index (κ2) is 7.51. The quantitative estimate of drug-likeness (QED) is 0.645. The van der Waals surface area contributed by atoms with Gasteiger partial charge in [-0.2, -0.15) is 0 Å². The number of benzene rings is 2. The molecule has 1 fully saturated rings. The highest BCUT2D eigenvalue weighted by molar-refractivity contribution is 5.81. The Morgan fingerprint density at radius 1 is 1.15 bits per heavy atom. The van der Waals surface area contributed by atoms with Gasteiger partial charge in [-0.1, -0.05) is 37.6 Å². The Hall–Kier alpha value is -2.69. The third kappa shape index (κ3) is 3.59. The van der Waals surface area contributed by atoms with Gasteiger partial charge in [0.05, 0.1) is 11.0 Å². The fraction of sp³-hybridized carbons (Fsp3) is 0.364. The number of amides is 1. The highest BCUT2D eigenvalue weighted by atomic mass is 19.1. The number of carbonyl (C=O) groups excluding carboxylic acids is 1. The summed E-state index contributed by atoms with van der Waals surface area (Å²) in [6, 6.07) is 14.6. The SMILES string of the molecule is CCCCn1c(C2CC(=O)N(Cc3ccc(F)cc3)C2)nc2ccccc21. The maximum absolute atomic E-state index is 13.1. The molecule has 1 aliphatic heterocycles. The highest BCUT2D eigenvalue weighted by Crippen LogP contribution is 2.31. The molecule has 1 amide bonds. The van der Waals surface area contributed by atoms with Crippen LogP contribution in [-0.4, -0.2) is 26.9 Å². The summed E-state index contributed by atoms with van der Waals surface area (Å²) >= 11 is 0. The molecule has 2 aromatic carbocycles. The Balaban J connectivity index is 1.58. The number of nitrogens with zero attached hydrogens (tertiary/aromatic N) is 3. The van der Waals surface area contributed by atoms with Gasteiger partial charge in [-0.15, -0.1) is 0 Å². The highest BCUT2D eigenvalue weighted by Gasteiger charge is 2.33. The first-order valence-electron chi connectivity index (χ1n) is 9.63. The smallest absolute Gasteiger partial charge is 0.223 e. The zero-order valence-electron chi connectivity index (χ0n) is 15.6. The molecule has 5 heteroatoms.